The summed E-state index contributed by atoms with van der Waals surface area (Å²) in [6.45, 7) is 6.80. The number of hydrogen-bond donors (Lipinski definition) is 0. The van der Waals surface area contributed by atoms with Gasteiger partial charge in [0.25, 0.3) is 0 Å². The minimum atomic E-state index is -0.0479. The quantitative estimate of drug-likeness (QED) is 0.850. The number of rotatable bonds is 4. The van der Waals surface area contributed by atoms with Crippen LogP contribution >= 0.6 is 11.3 Å². The van der Waals surface area contributed by atoms with Crippen molar-refractivity contribution in [2.45, 2.75) is 39.2 Å². The van der Waals surface area contributed by atoms with Gasteiger partial charge < -0.3 is 4.74 Å². The van der Waals surface area contributed by atoms with Crippen LogP contribution < -0.4 is 4.74 Å². The van der Waals surface area contributed by atoms with Gasteiger partial charge in [-0.05, 0) is 12.1 Å². The Bertz CT molecular complexity index is 606. The highest BCUT2D eigenvalue weighted by Crippen LogP contribution is 2.30. The highest BCUT2D eigenvalue weighted by molar-refractivity contribution is 7.11. The average Bonchev–Trinajstić information content (AvgIpc) is 2.81. The van der Waals surface area contributed by atoms with Gasteiger partial charge in [0, 0.05) is 10.3 Å². The van der Waals surface area contributed by atoms with Crippen molar-refractivity contribution < 1.29 is 4.74 Å². The fourth-order valence-electron chi connectivity index (χ4n) is 1.90. The van der Waals surface area contributed by atoms with Crippen molar-refractivity contribution in [1.82, 2.24) is 4.98 Å². The van der Waals surface area contributed by atoms with Crippen LogP contribution in [0.5, 0.6) is 5.75 Å². The molecule has 0 atom stereocenters. The molecule has 0 unspecified atom stereocenters. The molecule has 0 saturated carbocycles. The molecule has 0 N–H and O–H groups in total. The van der Waals surface area contributed by atoms with Gasteiger partial charge in [-0.3, -0.25) is 0 Å². The fraction of sp³-hybridized carbons (Fsp3) is 0.375. The molecule has 0 bridgehead atoms. The van der Waals surface area contributed by atoms with Crippen LogP contribution in [0.2, 0.25) is 0 Å². The second-order valence-electron chi connectivity index (χ2n) is 5.57. The standard InChI is InChI=1S/C16H18N2OS/c1-16(2,3)15-13(9-10-17)20-14(18-15)11-19-12-7-5-4-6-8-12/h4-8H,9,11H2,1-3H3. The van der Waals surface area contributed by atoms with Gasteiger partial charge in [-0.25, -0.2) is 4.98 Å². The van der Waals surface area contributed by atoms with Crippen LogP contribution in [0.25, 0.3) is 0 Å². The third-order valence-electron chi connectivity index (χ3n) is 2.80. The van der Waals surface area contributed by atoms with E-state index in [0.29, 0.717) is 13.0 Å². The molecule has 0 aliphatic rings. The first-order valence-corrected chi connectivity index (χ1v) is 7.36. The van der Waals surface area contributed by atoms with Gasteiger partial charge >= 0.3 is 0 Å². The van der Waals surface area contributed by atoms with Crippen molar-refractivity contribution in [2.24, 2.45) is 0 Å². The van der Waals surface area contributed by atoms with Gasteiger partial charge in [0.1, 0.15) is 17.4 Å². The minimum Gasteiger partial charge on any atom is -0.486 e. The molecule has 1 heterocycles. The van der Waals surface area contributed by atoms with Crippen LogP contribution in [0, 0.1) is 11.3 Å². The number of benzene rings is 1. The second-order valence-corrected chi connectivity index (χ2v) is 6.73. The van der Waals surface area contributed by atoms with Gasteiger partial charge in [-0.1, -0.05) is 39.0 Å². The summed E-state index contributed by atoms with van der Waals surface area (Å²) < 4.78 is 5.72. The van der Waals surface area contributed by atoms with Gasteiger partial charge in [0.15, 0.2) is 0 Å². The summed E-state index contributed by atoms with van der Waals surface area (Å²) in [7, 11) is 0. The summed E-state index contributed by atoms with van der Waals surface area (Å²) in [5.74, 6) is 0.835. The average molecular weight is 286 g/mol. The Morgan fingerprint density at radius 3 is 2.55 bits per heavy atom. The van der Waals surface area contributed by atoms with Gasteiger partial charge in [-0.2, -0.15) is 5.26 Å². The molecule has 0 aliphatic carbocycles. The molecule has 4 heteroatoms. The van der Waals surface area contributed by atoms with Crippen molar-refractivity contribution in [3.05, 3.63) is 45.9 Å². The van der Waals surface area contributed by atoms with Crippen molar-refractivity contribution in [3.8, 4) is 11.8 Å². The van der Waals surface area contributed by atoms with E-state index in [-0.39, 0.29) is 5.41 Å². The number of para-hydroxylation sites is 1. The van der Waals surface area contributed by atoms with Gasteiger partial charge in [-0.15, -0.1) is 11.3 Å². The van der Waals surface area contributed by atoms with Crippen LogP contribution in [0.1, 0.15) is 36.3 Å². The predicted octanol–water partition coefficient (Wildman–Crippen LogP) is 4.09. The predicted molar refractivity (Wildman–Crippen MR) is 80.9 cm³/mol. The summed E-state index contributed by atoms with van der Waals surface area (Å²) in [5, 5.41) is 9.85. The number of nitrogens with zero attached hydrogens (tertiary/aromatic N) is 2. The Balaban J connectivity index is 2.15. The van der Waals surface area contributed by atoms with E-state index in [4.69, 9.17) is 10.00 Å². The van der Waals surface area contributed by atoms with Crippen LogP contribution in [0.15, 0.2) is 30.3 Å². The van der Waals surface area contributed by atoms with Crippen molar-refractivity contribution >= 4 is 11.3 Å². The van der Waals surface area contributed by atoms with Crippen LogP contribution in [-0.4, -0.2) is 4.98 Å². The number of hydrogen-bond acceptors (Lipinski definition) is 4. The van der Waals surface area contributed by atoms with Crippen molar-refractivity contribution in [3.63, 3.8) is 0 Å². The molecule has 2 rings (SSSR count). The van der Waals surface area contributed by atoms with Crippen molar-refractivity contribution in [1.29, 1.82) is 5.26 Å². The van der Waals surface area contributed by atoms with Gasteiger partial charge in [0.05, 0.1) is 18.2 Å². The van der Waals surface area contributed by atoms with E-state index in [0.717, 1.165) is 21.3 Å². The van der Waals surface area contributed by atoms with Crippen molar-refractivity contribution in [2.75, 3.05) is 0 Å². The minimum absolute atomic E-state index is 0.0479. The third kappa shape index (κ3) is 3.58. The maximum Gasteiger partial charge on any atom is 0.140 e. The normalized spacial score (nSPS) is 11.1. The van der Waals surface area contributed by atoms with Crippen LogP contribution in [0.4, 0.5) is 0 Å². The molecule has 0 aliphatic heterocycles. The zero-order valence-corrected chi connectivity index (χ0v) is 12.8. The third-order valence-corrected chi connectivity index (χ3v) is 3.83. The number of ether oxygens (including phenoxy) is 1. The van der Waals surface area contributed by atoms with E-state index in [1.165, 1.54) is 0 Å². The molecule has 0 saturated heterocycles. The monoisotopic (exact) mass is 286 g/mol. The second kappa shape index (κ2) is 6.06. The highest BCUT2D eigenvalue weighted by Gasteiger charge is 2.23. The largest absolute Gasteiger partial charge is 0.486 e. The Morgan fingerprint density at radius 2 is 1.95 bits per heavy atom. The number of aromatic nitrogens is 1. The fourth-order valence-corrected chi connectivity index (χ4v) is 3.03. The summed E-state index contributed by atoms with van der Waals surface area (Å²) in [5.41, 5.74) is 0.962. The molecule has 3 nitrogen and oxygen atoms in total. The summed E-state index contributed by atoms with van der Waals surface area (Å²) in [6, 6.07) is 11.9. The Labute approximate surface area is 123 Å². The lowest BCUT2D eigenvalue weighted by Crippen LogP contribution is -2.14. The summed E-state index contributed by atoms with van der Waals surface area (Å²) >= 11 is 1.57. The SMILES string of the molecule is CC(C)(C)c1nc(COc2ccccc2)sc1CC#N. The van der Waals surface area contributed by atoms with E-state index in [9.17, 15) is 0 Å². The lowest BCUT2D eigenvalue weighted by Gasteiger charge is -2.16. The molecule has 1 aromatic carbocycles. The molecular formula is C16H18N2OS. The van der Waals surface area contributed by atoms with E-state index < -0.39 is 0 Å². The lowest BCUT2D eigenvalue weighted by molar-refractivity contribution is 0.305. The summed E-state index contributed by atoms with van der Waals surface area (Å²) in [6.07, 6.45) is 0.412. The Kier molecular flexibility index (Phi) is 4.41. The zero-order chi connectivity index (χ0) is 14.6. The smallest absolute Gasteiger partial charge is 0.140 e. The Hall–Kier alpha value is -1.86. The first-order chi connectivity index (χ1) is 9.50. The molecular weight excluding hydrogens is 268 g/mol. The van der Waals surface area contributed by atoms with E-state index in [1.54, 1.807) is 11.3 Å². The van der Waals surface area contributed by atoms with E-state index in [1.807, 2.05) is 30.3 Å². The Morgan fingerprint density at radius 1 is 1.25 bits per heavy atom. The van der Waals surface area contributed by atoms with E-state index in [2.05, 4.69) is 31.8 Å². The van der Waals surface area contributed by atoms with Crippen LogP contribution in [-0.2, 0) is 18.4 Å². The van der Waals surface area contributed by atoms with Gasteiger partial charge in [0.2, 0.25) is 0 Å². The molecule has 0 fully saturated rings. The molecule has 0 spiro atoms. The maximum absolute atomic E-state index is 8.92. The summed E-state index contributed by atoms with van der Waals surface area (Å²) in [4.78, 5) is 5.71. The zero-order valence-electron chi connectivity index (χ0n) is 12.0. The lowest BCUT2D eigenvalue weighted by atomic mass is 9.91. The molecule has 0 amide bonds. The molecule has 20 heavy (non-hydrogen) atoms. The molecule has 2 aromatic rings. The highest BCUT2D eigenvalue weighted by atomic mass is 32.1. The molecule has 1 aromatic heterocycles. The first-order valence-electron chi connectivity index (χ1n) is 6.54. The topological polar surface area (TPSA) is 45.9 Å². The molecule has 104 valence electrons. The van der Waals surface area contributed by atoms with Crippen LogP contribution in [0.3, 0.4) is 0 Å². The number of nitriles is 1. The first kappa shape index (κ1) is 14.5. The van der Waals surface area contributed by atoms with E-state index >= 15 is 0 Å². The molecule has 0 radical (unpaired) electrons. The number of thiazole rings is 1. The maximum atomic E-state index is 8.92.